The molecule has 1 aromatic heterocycles. The van der Waals surface area contributed by atoms with Gasteiger partial charge >= 0.3 is 6.18 Å². The summed E-state index contributed by atoms with van der Waals surface area (Å²) in [5, 5.41) is 0. The summed E-state index contributed by atoms with van der Waals surface area (Å²) in [4.78, 5) is 3.86. The molecule has 4 heteroatoms. The van der Waals surface area contributed by atoms with Crippen molar-refractivity contribution in [2.75, 3.05) is 0 Å². The van der Waals surface area contributed by atoms with E-state index in [0.717, 1.165) is 5.56 Å². The van der Waals surface area contributed by atoms with Crippen LogP contribution in [0.15, 0.2) is 24.9 Å². The van der Waals surface area contributed by atoms with E-state index >= 15 is 0 Å². The average molecular weight is 213 g/mol. The van der Waals surface area contributed by atoms with Crippen LogP contribution in [0.4, 0.5) is 13.2 Å². The van der Waals surface area contributed by atoms with Crippen molar-refractivity contribution in [3.8, 4) is 0 Å². The highest BCUT2D eigenvalue weighted by molar-refractivity contribution is 5.46. The Labute approximate surface area is 85.6 Å². The highest BCUT2D eigenvalue weighted by Gasteiger charge is 2.65. The van der Waals surface area contributed by atoms with Crippen LogP contribution in [-0.2, 0) is 5.41 Å². The summed E-state index contributed by atoms with van der Waals surface area (Å²) in [7, 11) is 0. The predicted molar refractivity (Wildman–Crippen MR) is 51.3 cm³/mol. The van der Waals surface area contributed by atoms with Crippen molar-refractivity contribution in [1.82, 2.24) is 4.98 Å². The van der Waals surface area contributed by atoms with Crippen LogP contribution in [0.2, 0.25) is 0 Å². The van der Waals surface area contributed by atoms with Crippen LogP contribution in [0.3, 0.4) is 0 Å². The number of alkyl halides is 3. The molecule has 0 atom stereocenters. The standard InChI is InChI=1S/C11H10F3N/c1-2-8-3-4-9(15-7-8)10(5-6-10)11(12,13)14/h2-4,7H,1,5-6H2. The minimum atomic E-state index is -4.18. The maximum Gasteiger partial charge on any atom is 0.399 e. The Morgan fingerprint density at radius 3 is 2.33 bits per heavy atom. The molecule has 1 aromatic rings. The molecule has 80 valence electrons. The first-order valence-corrected chi connectivity index (χ1v) is 4.65. The van der Waals surface area contributed by atoms with E-state index in [0.29, 0.717) is 0 Å². The van der Waals surface area contributed by atoms with Gasteiger partial charge in [-0.3, -0.25) is 4.98 Å². The lowest BCUT2D eigenvalue weighted by molar-refractivity contribution is -0.161. The van der Waals surface area contributed by atoms with Crippen LogP contribution >= 0.6 is 0 Å². The summed E-state index contributed by atoms with van der Waals surface area (Å²) in [5.74, 6) is 0. The highest BCUT2D eigenvalue weighted by Crippen LogP contribution is 2.58. The molecule has 15 heavy (non-hydrogen) atoms. The molecule has 0 radical (unpaired) electrons. The first-order chi connectivity index (χ1) is 6.99. The Kier molecular flexibility index (Phi) is 2.10. The van der Waals surface area contributed by atoms with Gasteiger partial charge in [-0.05, 0) is 24.5 Å². The maximum atomic E-state index is 12.7. The molecule has 1 aliphatic rings. The number of hydrogen-bond donors (Lipinski definition) is 0. The van der Waals surface area contributed by atoms with E-state index in [2.05, 4.69) is 11.6 Å². The molecule has 1 aliphatic carbocycles. The van der Waals surface area contributed by atoms with Crippen molar-refractivity contribution in [3.05, 3.63) is 36.2 Å². The Bertz CT molecular complexity index is 374. The van der Waals surface area contributed by atoms with Gasteiger partial charge < -0.3 is 0 Å². The Hall–Kier alpha value is -1.32. The third-order valence-corrected chi connectivity index (χ3v) is 2.80. The van der Waals surface area contributed by atoms with E-state index in [4.69, 9.17) is 0 Å². The van der Waals surface area contributed by atoms with E-state index < -0.39 is 11.6 Å². The van der Waals surface area contributed by atoms with Crippen molar-refractivity contribution in [2.45, 2.75) is 24.4 Å². The fourth-order valence-electron chi connectivity index (χ4n) is 1.62. The molecule has 0 bridgehead atoms. The van der Waals surface area contributed by atoms with Gasteiger partial charge in [-0.15, -0.1) is 0 Å². The van der Waals surface area contributed by atoms with Gasteiger partial charge in [0.05, 0.1) is 5.69 Å². The quantitative estimate of drug-likeness (QED) is 0.734. The minimum Gasteiger partial charge on any atom is -0.260 e. The first kappa shape index (κ1) is 10.2. The number of pyridine rings is 1. The van der Waals surface area contributed by atoms with Gasteiger partial charge in [-0.2, -0.15) is 13.2 Å². The number of halogens is 3. The Morgan fingerprint density at radius 2 is 2.00 bits per heavy atom. The Balaban J connectivity index is 2.34. The van der Waals surface area contributed by atoms with Gasteiger partial charge in [-0.1, -0.05) is 18.7 Å². The van der Waals surface area contributed by atoms with Crippen LogP contribution in [0.1, 0.15) is 24.1 Å². The molecule has 1 fully saturated rings. The van der Waals surface area contributed by atoms with E-state index in [-0.39, 0.29) is 18.5 Å². The largest absolute Gasteiger partial charge is 0.399 e. The van der Waals surface area contributed by atoms with Gasteiger partial charge in [0.15, 0.2) is 0 Å². The topological polar surface area (TPSA) is 12.9 Å². The molecule has 1 saturated carbocycles. The second kappa shape index (κ2) is 3.08. The highest BCUT2D eigenvalue weighted by atomic mass is 19.4. The lowest BCUT2D eigenvalue weighted by Crippen LogP contribution is -2.29. The molecular weight excluding hydrogens is 203 g/mol. The lowest BCUT2D eigenvalue weighted by atomic mass is 10.0. The van der Waals surface area contributed by atoms with Gasteiger partial charge in [0.25, 0.3) is 0 Å². The molecule has 0 saturated heterocycles. The zero-order chi connectivity index (χ0) is 11.1. The van der Waals surface area contributed by atoms with E-state index in [1.54, 1.807) is 12.1 Å². The molecule has 0 aromatic carbocycles. The van der Waals surface area contributed by atoms with Gasteiger partial charge in [0, 0.05) is 6.20 Å². The van der Waals surface area contributed by atoms with Gasteiger partial charge in [-0.25, -0.2) is 0 Å². The maximum absolute atomic E-state index is 12.7. The third kappa shape index (κ3) is 1.54. The summed E-state index contributed by atoms with van der Waals surface area (Å²) in [6.07, 6.45) is -0.901. The molecule has 0 unspecified atom stereocenters. The van der Waals surface area contributed by atoms with Crippen molar-refractivity contribution in [1.29, 1.82) is 0 Å². The normalized spacial score (nSPS) is 18.6. The van der Waals surface area contributed by atoms with Crippen LogP contribution in [0.25, 0.3) is 6.08 Å². The van der Waals surface area contributed by atoms with Crippen LogP contribution in [-0.4, -0.2) is 11.2 Å². The van der Waals surface area contributed by atoms with Crippen molar-refractivity contribution < 1.29 is 13.2 Å². The summed E-state index contributed by atoms with van der Waals surface area (Å²) in [5.41, 5.74) is -0.815. The second-order valence-electron chi connectivity index (χ2n) is 3.76. The van der Waals surface area contributed by atoms with Gasteiger partial charge in [0.1, 0.15) is 5.41 Å². The lowest BCUT2D eigenvalue weighted by Gasteiger charge is -2.18. The fraction of sp³-hybridized carbons (Fsp3) is 0.364. The molecule has 2 rings (SSSR count). The van der Waals surface area contributed by atoms with Crippen LogP contribution in [0.5, 0.6) is 0 Å². The zero-order valence-electron chi connectivity index (χ0n) is 8.01. The SMILES string of the molecule is C=Cc1ccc(C2(C(F)(F)F)CC2)nc1. The van der Waals surface area contributed by atoms with Crippen molar-refractivity contribution in [3.63, 3.8) is 0 Å². The fourth-order valence-corrected chi connectivity index (χ4v) is 1.62. The molecule has 1 heterocycles. The molecule has 1 nitrogen and oxygen atoms in total. The second-order valence-corrected chi connectivity index (χ2v) is 3.76. The van der Waals surface area contributed by atoms with E-state index in [9.17, 15) is 13.2 Å². The number of aromatic nitrogens is 1. The molecule has 0 aliphatic heterocycles. The van der Waals surface area contributed by atoms with E-state index in [1.807, 2.05) is 0 Å². The number of hydrogen-bond acceptors (Lipinski definition) is 1. The average Bonchev–Trinajstić information content (AvgIpc) is 2.98. The minimum absolute atomic E-state index is 0.126. The Morgan fingerprint density at radius 1 is 1.33 bits per heavy atom. The third-order valence-electron chi connectivity index (χ3n) is 2.80. The zero-order valence-corrected chi connectivity index (χ0v) is 8.01. The molecule has 0 amide bonds. The summed E-state index contributed by atoms with van der Waals surface area (Å²) >= 11 is 0. The van der Waals surface area contributed by atoms with E-state index in [1.165, 1.54) is 12.3 Å². The monoisotopic (exact) mass is 213 g/mol. The summed E-state index contributed by atoms with van der Waals surface area (Å²) < 4.78 is 38.1. The van der Waals surface area contributed by atoms with Crippen molar-refractivity contribution in [2.24, 2.45) is 0 Å². The van der Waals surface area contributed by atoms with Crippen LogP contribution in [0, 0.1) is 0 Å². The summed E-state index contributed by atoms with van der Waals surface area (Å²) in [6.45, 7) is 3.52. The smallest absolute Gasteiger partial charge is 0.260 e. The molecule has 0 spiro atoms. The van der Waals surface area contributed by atoms with Crippen molar-refractivity contribution >= 4 is 6.08 Å². The predicted octanol–water partition coefficient (Wildman–Crippen LogP) is 3.32. The number of nitrogens with zero attached hydrogens (tertiary/aromatic N) is 1. The van der Waals surface area contributed by atoms with Gasteiger partial charge in [0.2, 0.25) is 0 Å². The number of rotatable bonds is 2. The molecule has 0 N–H and O–H groups in total. The summed E-state index contributed by atoms with van der Waals surface area (Å²) in [6, 6.07) is 3.05. The molecular formula is C11H10F3N. The first-order valence-electron chi connectivity index (χ1n) is 4.65. The van der Waals surface area contributed by atoms with Crippen LogP contribution < -0.4 is 0 Å².